The molecule has 1 aliphatic heterocycles. The smallest absolute Gasteiger partial charge is 1.00 e. The van der Waals surface area contributed by atoms with Crippen LogP contribution in [-0.4, -0.2) is 44.1 Å². The van der Waals surface area contributed by atoms with Gasteiger partial charge in [0.05, 0.1) is 11.9 Å². The molecule has 0 aliphatic carbocycles. The molecular weight excluding hydrogens is 363 g/mol. The summed E-state index contributed by atoms with van der Waals surface area (Å²) in [4.78, 5) is 0. The van der Waals surface area contributed by atoms with Crippen molar-refractivity contribution in [1.82, 2.24) is 0 Å². The van der Waals surface area contributed by atoms with E-state index in [1.54, 1.807) is 0 Å². The van der Waals surface area contributed by atoms with Crippen LogP contribution in [0.5, 0.6) is 11.5 Å². The van der Waals surface area contributed by atoms with Gasteiger partial charge in [0.15, 0.2) is 17.6 Å². The molecule has 9 heteroatoms. The first kappa shape index (κ1) is 22.2. The van der Waals surface area contributed by atoms with Crippen molar-refractivity contribution >= 4 is 21.5 Å². The van der Waals surface area contributed by atoms with Crippen LogP contribution >= 0.6 is 11.3 Å². The molecule has 0 saturated carbocycles. The van der Waals surface area contributed by atoms with Crippen molar-refractivity contribution in [2.24, 2.45) is 5.92 Å². The van der Waals surface area contributed by atoms with Gasteiger partial charge in [0.2, 0.25) is 0 Å². The number of hydrogen-bond donors (Lipinski definition) is 1. The van der Waals surface area contributed by atoms with Crippen LogP contribution in [0.15, 0.2) is 10.8 Å². The molecule has 1 aromatic heterocycles. The second kappa shape index (κ2) is 10.4. The van der Waals surface area contributed by atoms with Gasteiger partial charge in [-0.25, -0.2) is 0 Å². The molecule has 0 radical (unpaired) electrons. The molecule has 0 bridgehead atoms. The van der Waals surface area contributed by atoms with E-state index < -0.39 is 15.4 Å². The third-order valence-corrected chi connectivity index (χ3v) is 5.70. The van der Waals surface area contributed by atoms with Crippen LogP contribution in [0.3, 0.4) is 0 Å². The third-order valence-electron chi connectivity index (χ3n) is 3.69. The summed E-state index contributed by atoms with van der Waals surface area (Å²) in [5.41, 5.74) is 0. The Bertz CT molecular complexity index is 593. The van der Waals surface area contributed by atoms with E-state index in [0.29, 0.717) is 25.6 Å². The van der Waals surface area contributed by atoms with Crippen molar-refractivity contribution in [3.63, 3.8) is 0 Å². The number of ether oxygens (including phenoxy) is 3. The van der Waals surface area contributed by atoms with Gasteiger partial charge >= 0.3 is 29.6 Å². The van der Waals surface area contributed by atoms with Gasteiger partial charge in [-0.05, 0) is 25.2 Å². The van der Waals surface area contributed by atoms with Gasteiger partial charge in [0.25, 0.3) is 10.1 Å². The van der Waals surface area contributed by atoms with Crippen LogP contribution in [0.4, 0.5) is 0 Å². The quantitative estimate of drug-likeness (QED) is 0.367. The fraction of sp³-hybridized carbons (Fsp3) is 0.733. The molecule has 2 unspecified atom stereocenters. The summed E-state index contributed by atoms with van der Waals surface area (Å²) in [5, 5.41) is 3.00. The molecule has 0 aromatic carbocycles. The van der Waals surface area contributed by atoms with Crippen LogP contribution < -0.4 is 39.0 Å². The summed E-state index contributed by atoms with van der Waals surface area (Å²) in [5.74, 6) is 1.88. The summed E-state index contributed by atoms with van der Waals surface area (Å²) < 4.78 is 48.9. The monoisotopic (exact) mass is 388 g/mol. The van der Waals surface area contributed by atoms with Gasteiger partial charge in [-0.2, -0.15) is 8.42 Å². The zero-order chi connectivity index (χ0) is 16.9. The average Bonchev–Trinajstić information content (AvgIpc) is 2.92. The molecule has 1 N–H and O–H groups in total. The minimum absolute atomic E-state index is 0. The number of thiophene rings is 1. The minimum atomic E-state index is -4.03. The van der Waals surface area contributed by atoms with E-state index in [0.717, 1.165) is 17.9 Å². The van der Waals surface area contributed by atoms with Crippen LogP contribution in [0.25, 0.3) is 0 Å². The average molecular weight is 388 g/mol. The summed E-state index contributed by atoms with van der Waals surface area (Å²) in [7, 11) is -4.03. The van der Waals surface area contributed by atoms with Crippen molar-refractivity contribution in [3.8, 4) is 11.5 Å². The molecule has 0 amide bonds. The Morgan fingerprint density at radius 1 is 1.33 bits per heavy atom. The van der Waals surface area contributed by atoms with Gasteiger partial charge in [-0.3, -0.25) is 4.55 Å². The zero-order valence-electron chi connectivity index (χ0n) is 15.4. The molecule has 134 valence electrons. The van der Waals surface area contributed by atoms with Crippen molar-refractivity contribution in [2.45, 2.75) is 44.5 Å². The van der Waals surface area contributed by atoms with Gasteiger partial charge in [0.1, 0.15) is 6.61 Å². The van der Waals surface area contributed by atoms with Crippen molar-refractivity contribution in [3.05, 3.63) is 10.8 Å². The number of rotatable bonds is 9. The maximum absolute atomic E-state index is 11.4. The minimum Gasteiger partial charge on any atom is -1.00 e. The molecule has 2 rings (SSSR count). The molecule has 0 spiro atoms. The molecule has 1 aliphatic rings. The Labute approximate surface area is 171 Å². The Kier molecular flexibility index (Phi) is 9.58. The van der Waals surface area contributed by atoms with Crippen LogP contribution in [0.1, 0.15) is 34.5 Å². The fourth-order valence-corrected chi connectivity index (χ4v) is 3.83. The van der Waals surface area contributed by atoms with Gasteiger partial charge in [-0.15, -0.1) is 11.3 Å². The zero-order valence-corrected chi connectivity index (χ0v) is 18.1. The van der Waals surface area contributed by atoms with Crippen molar-refractivity contribution in [2.75, 3.05) is 19.8 Å². The first-order valence-electron chi connectivity index (χ1n) is 7.76. The second-order valence-corrected chi connectivity index (χ2v) is 8.56. The van der Waals surface area contributed by atoms with Crippen LogP contribution in [0.2, 0.25) is 0 Å². The molecule has 1 aromatic rings. The van der Waals surface area contributed by atoms with Crippen molar-refractivity contribution < 1.29 is 58.2 Å². The molecule has 0 fully saturated rings. The molecule has 6 nitrogen and oxygen atoms in total. The maximum atomic E-state index is 11.4. The summed E-state index contributed by atoms with van der Waals surface area (Å²) in [6.07, 6.45) is 1.28. The Hall–Kier alpha value is 0.170. The predicted molar refractivity (Wildman–Crippen MR) is 90.2 cm³/mol. The Balaban J connectivity index is 0.00000288. The normalized spacial score (nSPS) is 18.2. The van der Waals surface area contributed by atoms with E-state index in [9.17, 15) is 13.0 Å². The molecule has 24 heavy (non-hydrogen) atoms. The molecule has 2 atom stereocenters. The molecule has 2 heterocycles. The van der Waals surface area contributed by atoms with E-state index in [2.05, 4.69) is 0 Å². The fourth-order valence-electron chi connectivity index (χ4n) is 2.33. The number of fused-ring (bicyclic) bond motifs is 1. The van der Waals surface area contributed by atoms with Gasteiger partial charge in [0, 0.05) is 17.4 Å². The van der Waals surface area contributed by atoms with E-state index in [1.807, 2.05) is 24.6 Å². The SMILES string of the molecule is CC(C)CCC(CCOCC1COc2cscc2O1)S(=O)(=O)O.[H-].[Na+]. The summed E-state index contributed by atoms with van der Waals surface area (Å²) in [6, 6.07) is 0. The number of hydrogen-bond acceptors (Lipinski definition) is 6. The topological polar surface area (TPSA) is 82.1 Å². The first-order valence-corrected chi connectivity index (χ1v) is 10.2. The van der Waals surface area contributed by atoms with Crippen molar-refractivity contribution in [1.29, 1.82) is 0 Å². The van der Waals surface area contributed by atoms with Crippen LogP contribution in [0, 0.1) is 5.92 Å². The van der Waals surface area contributed by atoms with Gasteiger partial charge < -0.3 is 15.6 Å². The summed E-state index contributed by atoms with van der Waals surface area (Å²) in [6.45, 7) is 5.06. The molecular formula is C15H25NaO6S2. The van der Waals surface area contributed by atoms with E-state index >= 15 is 0 Å². The summed E-state index contributed by atoms with van der Waals surface area (Å²) >= 11 is 1.51. The first-order chi connectivity index (χ1) is 10.9. The molecule has 0 saturated heterocycles. The van der Waals surface area contributed by atoms with E-state index in [4.69, 9.17) is 14.2 Å². The predicted octanol–water partition coefficient (Wildman–Crippen LogP) is 0.104. The Morgan fingerprint density at radius 2 is 2.04 bits per heavy atom. The largest absolute Gasteiger partial charge is 1.00 e. The van der Waals surface area contributed by atoms with Crippen LogP contribution in [-0.2, 0) is 14.9 Å². The standard InChI is InChI=1S/C15H24O6S2.Na.H/c1-11(2)3-4-13(23(16,17)18)5-6-19-7-12-8-20-14-9-22-10-15(14)21-12;;/h9-13H,3-8H2,1-2H3,(H,16,17,18);;/q;+1;-1. The van der Waals surface area contributed by atoms with Gasteiger partial charge in [-0.1, -0.05) is 13.8 Å². The maximum Gasteiger partial charge on any atom is 1.00 e. The van der Waals surface area contributed by atoms with E-state index in [-0.39, 0.29) is 50.1 Å². The van der Waals surface area contributed by atoms with E-state index in [1.165, 1.54) is 11.3 Å². The second-order valence-electron chi connectivity index (χ2n) is 6.12. The Morgan fingerprint density at radius 3 is 2.71 bits per heavy atom. The third kappa shape index (κ3) is 7.19.